The van der Waals surface area contributed by atoms with E-state index in [4.69, 9.17) is 0 Å². The molecule has 152 valence electrons. The van der Waals surface area contributed by atoms with Crippen molar-refractivity contribution >= 4 is 22.9 Å². The smallest absolute Gasteiger partial charge is 0.275 e. The maximum absolute atomic E-state index is 12.7. The molecule has 1 amide bonds. The van der Waals surface area contributed by atoms with Crippen LogP contribution in [0.1, 0.15) is 16.1 Å². The first kappa shape index (κ1) is 18.8. The molecule has 0 radical (unpaired) electrons. The second kappa shape index (κ2) is 7.92. The molecular formula is C21H16N8OS. The number of benzene rings is 2. The van der Waals surface area contributed by atoms with Crippen molar-refractivity contribution in [1.82, 2.24) is 35.0 Å². The van der Waals surface area contributed by atoms with Gasteiger partial charge in [0.1, 0.15) is 17.0 Å². The number of aromatic nitrogens is 7. The lowest BCUT2D eigenvalue weighted by Gasteiger charge is -2.08. The van der Waals surface area contributed by atoms with Crippen LogP contribution in [0.15, 0.2) is 72.6 Å². The van der Waals surface area contributed by atoms with E-state index in [-0.39, 0.29) is 5.91 Å². The summed E-state index contributed by atoms with van der Waals surface area (Å²) in [5, 5.41) is 20.9. The monoisotopic (exact) mass is 428 g/mol. The van der Waals surface area contributed by atoms with E-state index >= 15 is 0 Å². The number of aryl methyl sites for hydroxylation is 1. The average Bonchev–Trinajstić information content (AvgIpc) is 3.55. The molecular weight excluding hydrogens is 412 g/mol. The fourth-order valence-electron chi connectivity index (χ4n) is 3.12. The van der Waals surface area contributed by atoms with Gasteiger partial charge in [0.05, 0.1) is 17.6 Å². The minimum Gasteiger partial charge on any atom is -0.321 e. The summed E-state index contributed by atoms with van der Waals surface area (Å²) in [5.74, 6) is -0.271. The van der Waals surface area contributed by atoms with E-state index in [1.165, 1.54) is 17.7 Å². The Morgan fingerprint density at radius 1 is 1.10 bits per heavy atom. The summed E-state index contributed by atoms with van der Waals surface area (Å²) in [6.45, 7) is 1.93. The second-order valence-electron chi connectivity index (χ2n) is 6.76. The van der Waals surface area contributed by atoms with E-state index < -0.39 is 0 Å². The molecule has 0 aliphatic rings. The molecule has 2 aromatic carbocycles. The van der Waals surface area contributed by atoms with Crippen LogP contribution >= 0.6 is 11.3 Å². The first-order valence-corrected chi connectivity index (χ1v) is 10.3. The molecule has 0 fully saturated rings. The van der Waals surface area contributed by atoms with Gasteiger partial charge in [-0.25, -0.2) is 14.3 Å². The lowest BCUT2D eigenvalue weighted by atomic mass is 10.2. The van der Waals surface area contributed by atoms with Crippen molar-refractivity contribution in [2.24, 2.45) is 0 Å². The van der Waals surface area contributed by atoms with Crippen LogP contribution in [0.4, 0.5) is 5.69 Å². The first-order chi connectivity index (χ1) is 15.2. The van der Waals surface area contributed by atoms with Crippen molar-refractivity contribution in [3.63, 3.8) is 0 Å². The van der Waals surface area contributed by atoms with E-state index in [2.05, 4.69) is 30.9 Å². The normalized spacial score (nSPS) is 10.9. The Kier molecular flexibility index (Phi) is 4.81. The van der Waals surface area contributed by atoms with Gasteiger partial charge in [0, 0.05) is 22.8 Å². The number of nitrogens with one attached hydrogen (secondary N) is 1. The highest BCUT2D eigenvalue weighted by molar-refractivity contribution is 7.13. The van der Waals surface area contributed by atoms with Crippen LogP contribution in [0.5, 0.6) is 0 Å². The number of anilines is 1. The molecule has 0 aliphatic heterocycles. The summed E-state index contributed by atoms with van der Waals surface area (Å²) >= 11 is 1.40. The Balaban J connectivity index is 1.32. The number of para-hydroxylation sites is 1. The fraction of sp³-hybridized carbons (Fsp3) is 0.0476. The van der Waals surface area contributed by atoms with Crippen molar-refractivity contribution in [3.8, 4) is 21.9 Å². The molecule has 0 spiro atoms. The zero-order valence-corrected chi connectivity index (χ0v) is 17.2. The number of tetrazole rings is 1. The molecule has 0 saturated carbocycles. The third-order valence-electron chi connectivity index (χ3n) is 4.64. The number of hydrogen-bond acceptors (Lipinski definition) is 7. The van der Waals surface area contributed by atoms with Crippen LogP contribution in [-0.2, 0) is 0 Å². The Hall–Kier alpha value is -4.18. The molecule has 9 nitrogen and oxygen atoms in total. The van der Waals surface area contributed by atoms with Gasteiger partial charge in [0.2, 0.25) is 0 Å². The fourth-order valence-corrected chi connectivity index (χ4v) is 3.90. The maximum Gasteiger partial charge on any atom is 0.275 e. The summed E-state index contributed by atoms with van der Waals surface area (Å²) in [6, 6.07) is 15.4. The van der Waals surface area contributed by atoms with Crippen LogP contribution in [0.25, 0.3) is 21.9 Å². The van der Waals surface area contributed by atoms with Crippen molar-refractivity contribution < 1.29 is 4.79 Å². The molecule has 1 N–H and O–H groups in total. The summed E-state index contributed by atoms with van der Waals surface area (Å²) in [6.07, 6.45) is 5.17. The predicted octanol–water partition coefficient (Wildman–Crippen LogP) is 3.53. The predicted molar refractivity (Wildman–Crippen MR) is 117 cm³/mol. The van der Waals surface area contributed by atoms with Crippen LogP contribution < -0.4 is 5.32 Å². The van der Waals surface area contributed by atoms with Crippen molar-refractivity contribution in [1.29, 1.82) is 0 Å². The quantitative estimate of drug-likeness (QED) is 0.459. The summed E-state index contributed by atoms with van der Waals surface area (Å²) < 4.78 is 3.36. The number of amides is 1. The van der Waals surface area contributed by atoms with Crippen LogP contribution in [0.2, 0.25) is 0 Å². The SMILES string of the molecule is Cc1cc(NC(=O)c2csc(-c3cnn(-c4ccccc4)c3)n2)ccc1-n1cnnn1. The van der Waals surface area contributed by atoms with Gasteiger partial charge >= 0.3 is 0 Å². The molecule has 5 aromatic rings. The van der Waals surface area contributed by atoms with E-state index in [1.807, 2.05) is 55.6 Å². The number of rotatable bonds is 5. The van der Waals surface area contributed by atoms with Gasteiger partial charge in [-0.1, -0.05) is 18.2 Å². The maximum atomic E-state index is 12.7. The molecule has 5 rings (SSSR count). The number of carbonyl (C=O) groups excluding carboxylic acids is 1. The Morgan fingerprint density at radius 3 is 2.74 bits per heavy atom. The standard InChI is InChI=1S/C21H16N8OS/c1-14-9-16(7-8-19(14)29-13-22-26-27-29)24-20(30)18-12-31-21(25-18)15-10-23-28(11-15)17-5-3-2-4-6-17/h2-13H,1H3,(H,24,30). The van der Waals surface area contributed by atoms with Crippen molar-refractivity contribution in [2.45, 2.75) is 6.92 Å². The zero-order chi connectivity index (χ0) is 21.2. The molecule has 0 bridgehead atoms. The number of hydrogen-bond donors (Lipinski definition) is 1. The van der Waals surface area contributed by atoms with E-state index in [9.17, 15) is 4.79 Å². The van der Waals surface area contributed by atoms with E-state index in [1.54, 1.807) is 27.0 Å². The molecule has 0 saturated heterocycles. The van der Waals surface area contributed by atoms with E-state index in [0.29, 0.717) is 11.4 Å². The van der Waals surface area contributed by atoms with Gasteiger partial charge in [-0.2, -0.15) is 5.10 Å². The third-order valence-corrected chi connectivity index (χ3v) is 5.53. The average molecular weight is 428 g/mol. The number of carbonyl (C=O) groups is 1. The molecule has 0 atom stereocenters. The Labute approximate surface area is 181 Å². The highest BCUT2D eigenvalue weighted by atomic mass is 32.1. The van der Waals surface area contributed by atoms with Crippen molar-refractivity contribution in [3.05, 3.63) is 83.9 Å². The lowest BCUT2D eigenvalue weighted by molar-refractivity contribution is 0.102. The topological polar surface area (TPSA) is 103 Å². The van der Waals surface area contributed by atoms with Gasteiger partial charge in [0.25, 0.3) is 5.91 Å². The highest BCUT2D eigenvalue weighted by Crippen LogP contribution is 2.25. The van der Waals surface area contributed by atoms with Gasteiger partial charge in [-0.05, 0) is 53.2 Å². The first-order valence-electron chi connectivity index (χ1n) is 9.39. The number of thiazole rings is 1. The summed E-state index contributed by atoms with van der Waals surface area (Å²) in [5.41, 5.74) is 4.62. The Morgan fingerprint density at radius 2 is 1.97 bits per heavy atom. The Bertz CT molecular complexity index is 1340. The minimum atomic E-state index is -0.271. The van der Waals surface area contributed by atoms with Crippen LogP contribution in [0, 0.1) is 6.92 Å². The lowest BCUT2D eigenvalue weighted by Crippen LogP contribution is -2.12. The van der Waals surface area contributed by atoms with Gasteiger partial charge in [-0.3, -0.25) is 4.79 Å². The largest absolute Gasteiger partial charge is 0.321 e. The summed E-state index contributed by atoms with van der Waals surface area (Å²) in [7, 11) is 0. The van der Waals surface area contributed by atoms with E-state index in [0.717, 1.165) is 27.5 Å². The van der Waals surface area contributed by atoms with Crippen LogP contribution in [-0.4, -0.2) is 40.9 Å². The molecule has 0 unspecified atom stereocenters. The molecule has 0 aliphatic carbocycles. The number of nitrogens with zero attached hydrogens (tertiary/aromatic N) is 7. The molecule has 3 heterocycles. The third kappa shape index (κ3) is 3.83. The second-order valence-corrected chi connectivity index (χ2v) is 7.61. The van der Waals surface area contributed by atoms with Crippen LogP contribution in [0.3, 0.4) is 0 Å². The minimum absolute atomic E-state index is 0.271. The molecule has 3 aromatic heterocycles. The van der Waals surface area contributed by atoms with Gasteiger partial charge in [0.15, 0.2) is 0 Å². The van der Waals surface area contributed by atoms with Gasteiger partial charge < -0.3 is 5.32 Å². The van der Waals surface area contributed by atoms with Gasteiger partial charge in [-0.15, -0.1) is 16.4 Å². The molecule has 31 heavy (non-hydrogen) atoms. The highest BCUT2D eigenvalue weighted by Gasteiger charge is 2.14. The zero-order valence-electron chi connectivity index (χ0n) is 16.4. The van der Waals surface area contributed by atoms with Crippen molar-refractivity contribution in [2.75, 3.05) is 5.32 Å². The molecule has 10 heteroatoms. The summed E-state index contributed by atoms with van der Waals surface area (Å²) in [4.78, 5) is 17.2.